The number of benzene rings is 1. The number of aliphatic carboxylic acids is 1. The van der Waals surface area contributed by atoms with E-state index >= 15 is 0 Å². The molecule has 0 saturated heterocycles. The summed E-state index contributed by atoms with van der Waals surface area (Å²) in [6, 6.07) is 4.65. The number of anilines is 1. The van der Waals surface area contributed by atoms with Crippen molar-refractivity contribution in [2.24, 2.45) is 23.7 Å². The van der Waals surface area contributed by atoms with Crippen molar-refractivity contribution in [3.63, 3.8) is 0 Å². The number of carboxylic acids is 1. The van der Waals surface area contributed by atoms with Crippen LogP contribution in [-0.4, -0.2) is 29.4 Å². The molecule has 2 aliphatic rings. The van der Waals surface area contributed by atoms with Gasteiger partial charge in [0.25, 0.3) is 5.91 Å². The maximum Gasteiger partial charge on any atom is 0.307 e. The van der Waals surface area contributed by atoms with E-state index < -0.39 is 17.8 Å². The molecule has 0 aromatic heterocycles. The summed E-state index contributed by atoms with van der Waals surface area (Å²) >= 11 is 6.02. The molecule has 1 saturated carbocycles. The Hall–Kier alpha value is -2.34. The third kappa shape index (κ3) is 3.46. The minimum atomic E-state index is -0.964. The van der Waals surface area contributed by atoms with Crippen molar-refractivity contribution in [1.29, 1.82) is 0 Å². The van der Waals surface area contributed by atoms with E-state index in [1.54, 1.807) is 12.1 Å². The maximum atomic E-state index is 12.8. The molecule has 0 unspecified atom stereocenters. The second kappa shape index (κ2) is 7.50. The molecule has 7 heteroatoms. The van der Waals surface area contributed by atoms with Gasteiger partial charge in [0.1, 0.15) is 0 Å². The molecule has 138 valence electrons. The molecule has 1 aromatic carbocycles. The van der Waals surface area contributed by atoms with Crippen LogP contribution < -0.4 is 10.6 Å². The topological polar surface area (TPSA) is 95.5 Å². The second-order valence-electron chi connectivity index (χ2n) is 6.77. The van der Waals surface area contributed by atoms with Crippen molar-refractivity contribution in [1.82, 2.24) is 5.32 Å². The van der Waals surface area contributed by atoms with E-state index in [0.29, 0.717) is 29.2 Å². The molecule has 1 aromatic rings. The second-order valence-corrected chi connectivity index (χ2v) is 7.21. The lowest BCUT2D eigenvalue weighted by atomic mass is 9.82. The number of carboxylic acid groups (broad SMARTS) is 1. The Bertz CT molecular complexity index is 777. The molecule has 2 bridgehead atoms. The van der Waals surface area contributed by atoms with Gasteiger partial charge in [0.05, 0.1) is 23.1 Å². The number of carbonyl (C=O) groups excluding carboxylic acids is 2. The van der Waals surface area contributed by atoms with Crippen molar-refractivity contribution in [2.45, 2.75) is 19.8 Å². The highest BCUT2D eigenvalue weighted by molar-refractivity contribution is 6.31. The Balaban J connectivity index is 1.83. The Morgan fingerprint density at radius 2 is 1.88 bits per heavy atom. The molecule has 4 atom stereocenters. The van der Waals surface area contributed by atoms with Gasteiger partial charge in [-0.3, -0.25) is 14.4 Å². The number of amides is 2. The molecule has 0 spiro atoms. The van der Waals surface area contributed by atoms with E-state index in [9.17, 15) is 19.5 Å². The average Bonchev–Trinajstić information content (AvgIpc) is 3.21. The minimum Gasteiger partial charge on any atom is -0.481 e. The first-order valence-corrected chi connectivity index (χ1v) is 9.10. The summed E-state index contributed by atoms with van der Waals surface area (Å²) in [4.78, 5) is 36.8. The van der Waals surface area contributed by atoms with Crippen LogP contribution in [0.5, 0.6) is 0 Å². The van der Waals surface area contributed by atoms with E-state index in [1.165, 1.54) is 6.07 Å². The van der Waals surface area contributed by atoms with E-state index in [1.807, 2.05) is 19.1 Å². The standard InChI is InChI=1S/C19H21ClN2O4/c1-2-7-21-17(23)13-6-5-12(20)9-14(13)22-18(24)15-10-3-4-11(8-10)16(15)19(25)26/h3-6,9-11,15-16H,2,7-8H2,1H3,(H,21,23)(H,22,24)(H,25,26)/t10-,11-,15-,16-/m0/s1. The number of carbonyl (C=O) groups is 3. The quantitative estimate of drug-likeness (QED) is 0.665. The lowest BCUT2D eigenvalue weighted by Crippen LogP contribution is -2.37. The average molecular weight is 377 g/mol. The van der Waals surface area contributed by atoms with Gasteiger partial charge in [-0.25, -0.2) is 0 Å². The number of rotatable bonds is 6. The minimum absolute atomic E-state index is 0.0855. The largest absolute Gasteiger partial charge is 0.481 e. The first-order chi connectivity index (χ1) is 12.4. The predicted molar refractivity (Wildman–Crippen MR) is 98.1 cm³/mol. The van der Waals surface area contributed by atoms with Crippen molar-refractivity contribution >= 4 is 35.1 Å². The van der Waals surface area contributed by atoms with Crippen molar-refractivity contribution in [3.8, 4) is 0 Å². The van der Waals surface area contributed by atoms with Gasteiger partial charge >= 0.3 is 5.97 Å². The van der Waals surface area contributed by atoms with Crippen LogP contribution in [0.3, 0.4) is 0 Å². The highest BCUT2D eigenvalue weighted by Crippen LogP contribution is 2.48. The molecule has 3 N–H and O–H groups in total. The molecule has 0 aliphatic heterocycles. The van der Waals surface area contributed by atoms with Crippen LogP contribution in [0.2, 0.25) is 5.02 Å². The van der Waals surface area contributed by atoms with E-state index in [-0.39, 0.29) is 23.7 Å². The highest BCUT2D eigenvalue weighted by Gasteiger charge is 2.51. The van der Waals surface area contributed by atoms with Gasteiger partial charge in [-0.2, -0.15) is 0 Å². The maximum absolute atomic E-state index is 12.8. The van der Waals surface area contributed by atoms with Crippen LogP contribution in [0.4, 0.5) is 5.69 Å². The van der Waals surface area contributed by atoms with Crippen LogP contribution >= 0.6 is 11.6 Å². The molecule has 2 aliphatic carbocycles. The van der Waals surface area contributed by atoms with Crippen LogP contribution in [-0.2, 0) is 9.59 Å². The van der Waals surface area contributed by atoms with E-state index in [2.05, 4.69) is 10.6 Å². The van der Waals surface area contributed by atoms with Gasteiger partial charge in [0, 0.05) is 11.6 Å². The van der Waals surface area contributed by atoms with Crippen molar-refractivity contribution in [2.75, 3.05) is 11.9 Å². The van der Waals surface area contributed by atoms with Gasteiger partial charge in [0.15, 0.2) is 0 Å². The number of hydrogen-bond donors (Lipinski definition) is 3. The number of hydrogen-bond acceptors (Lipinski definition) is 3. The highest BCUT2D eigenvalue weighted by atomic mass is 35.5. The lowest BCUT2D eigenvalue weighted by Gasteiger charge is -2.24. The molecule has 3 rings (SSSR count). The zero-order chi connectivity index (χ0) is 18.8. The monoisotopic (exact) mass is 376 g/mol. The summed E-state index contributed by atoms with van der Waals surface area (Å²) in [7, 11) is 0. The number of allylic oxidation sites excluding steroid dienone is 2. The Morgan fingerprint density at radius 1 is 1.19 bits per heavy atom. The lowest BCUT2D eigenvalue weighted by molar-refractivity contribution is -0.146. The summed E-state index contributed by atoms with van der Waals surface area (Å²) in [6.45, 7) is 2.46. The van der Waals surface area contributed by atoms with Crippen LogP contribution in [0.25, 0.3) is 0 Å². The zero-order valence-corrected chi connectivity index (χ0v) is 15.1. The molecular weight excluding hydrogens is 356 g/mol. The first-order valence-electron chi connectivity index (χ1n) is 8.72. The van der Waals surface area contributed by atoms with Gasteiger partial charge in [-0.05, 0) is 42.9 Å². The Kier molecular flexibility index (Phi) is 5.32. The number of halogens is 1. The smallest absolute Gasteiger partial charge is 0.307 e. The summed E-state index contributed by atoms with van der Waals surface area (Å²) in [5.74, 6) is -3.23. The fourth-order valence-corrected chi connectivity index (χ4v) is 4.06. The van der Waals surface area contributed by atoms with Gasteiger partial charge in [-0.1, -0.05) is 30.7 Å². The van der Waals surface area contributed by atoms with Gasteiger partial charge in [-0.15, -0.1) is 0 Å². The molecule has 2 amide bonds. The van der Waals surface area contributed by atoms with E-state index in [4.69, 9.17) is 11.6 Å². The molecule has 1 fully saturated rings. The molecule has 6 nitrogen and oxygen atoms in total. The molecular formula is C19H21ClN2O4. The van der Waals surface area contributed by atoms with Crippen molar-refractivity contribution < 1.29 is 19.5 Å². The van der Waals surface area contributed by atoms with Crippen LogP contribution in [0.1, 0.15) is 30.1 Å². The molecule has 0 radical (unpaired) electrons. The summed E-state index contributed by atoms with van der Waals surface area (Å²) in [5, 5.41) is 15.4. The Morgan fingerprint density at radius 3 is 2.54 bits per heavy atom. The van der Waals surface area contributed by atoms with Crippen molar-refractivity contribution in [3.05, 3.63) is 40.9 Å². The number of fused-ring (bicyclic) bond motifs is 2. The zero-order valence-electron chi connectivity index (χ0n) is 14.4. The molecule has 0 heterocycles. The normalized spacial score (nSPS) is 25.9. The Labute approximate surface area is 156 Å². The van der Waals surface area contributed by atoms with Crippen LogP contribution in [0.15, 0.2) is 30.4 Å². The van der Waals surface area contributed by atoms with Crippen LogP contribution in [0, 0.1) is 23.7 Å². The molecule has 26 heavy (non-hydrogen) atoms. The summed E-state index contributed by atoms with van der Waals surface area (Å²) in [5.41, 5.74) is 0.605. The van der Waals surface area contributed by atoms with E-state index in [0.717, 1.165) is 6.42 Å². The number of nitrogens with one attached hydrogen (secondary N) is 2. The summed E-state index contributed by atoms with van der Waals surface area (Å²) in [6.07, 6.45) is 5.27. The fourth-order valence-electron chi connectivity index (χ4n) is 3.88. The first kappa shape index (κ1) is 18.5. The third-order valence-electron chi connectivity index (χ3n) is 5.07. The fraction of sp³-hybridized carbons (Fsp3) is 0.421. The van der Waals surface area contributed by atoms with Gasteiger partial charge < -0.3 is 15.7 Å². The third-order valence-corrected chi connectivity index (χ3v) is 5.30. The SMILES string of the molecule is CCCNC(=O)c1ccc(Cl)cc1NC(=O)[C@@H]1[C@@H](C(=O)O)[C@H]2C=C[C@H]1C2. The predicted octanol–water partition coefficient (Wildman–Crippen LogP) is 2.94. The van der Waals surface area contributed by atoms with Gasteiger partial charge in [0.2, 0.25) is 5.91 Å². The summed E-state index contributed by atoms with van der Waals surface area (Å²) < 4.78 is 0.